The van der Waals surface area contributed by atoms with Crippen molar-refractivity contribution < 1.29 is 18.7 Å². The molecule has 1 N–H and O–H groups in total. The van der Waals surface area contributed by atoms with Crippen LogP contribution in [0.4, 0.5) is 4.39 Å². The molecule has 2 aliphatic heterocycles. The number of nitrogens with zero attached hydrogens (tertiary/aromatic N) is 1. The number of hydrogen-bond acceptors (Lipinski definition) is 3. The van der Waals surface area contributed by atoms with Crippen molar-refractivity contribution in [3.8, 4) is 0 Å². The molecule has 0 radical (unpaired) electrons. The number of rotatable bonds is 4. The summed E-state index contributed by atoms with van der Waals surface area (Å²) in [7, 11) is 0. The lowest BCUT2D eigenvalue weighted by Gasteiger charge is -2.37. The first-order chi connectivity index (χ1) is 12.6. The van der Waals surface area contributed by atoms with Crippen LogP contribution in [0.25, 0.3) is 0 Å². The van der Waals surface area contributed by atoms with Crippen LogP contribution in [0.3, 0.4) is 0 Å². The quantitative estimate of drug-likeness (QED) is 0.896. The summed E-state index contributed by atoms with van der Waals surface area (Å²) in [6.07, 6.45) is 3.97. The molecule has 140 valence electrons. The summed E-state index contributed by atoms with van der Waals surface area (Å²) < 4.78 is 18.7. The lowest BCUT2D eigenvalue weighted by Crippen LogP contribution is -2.44. The van der Waals surface area contributed by atoms with E-state index in [1.54, 1.807) is 4.90 Å². The van der Waals surface area contributed by atoms with Gasteiger partial charge in [-0.05, 0) is 55.9 Å². The Balaban J connectivity index is 1.51. The van der Waals surface area contributed by atoms with Gasteiger partial charge in [0.2, 0.25) is 5.91 Å². The molecule has 4 rings (SSSR count). The van der Waals surface area contributed by atoms with E-state index in [1.807, 2.05) is 0 Å². The maximum atomic E-state index is 13.1. The Bertz CT molecular complexity index is 681. The lowest BCUT2D eigenvalue weighted by molar-refractivity contribution is -0.129. The third kappa shape index (κ3) is 3.47. The van der Waals surface area contributed by atoms with Crippen molar-refractivity contribution in [3.63, 3.8) is 0 Å². The van der Waals surface area contributed by atoms with E-state index in [0.717, 1.165) is 19.4 Å². The molecule has 1 saturated carbocycles. The Hall–Kier alpha value is -1.95. The number of amides is 2. The van der Waals surface area contributed by atoms with E-state index in [-0.39, 0.29) is 29.0 Å². The number of carbonyl (C=O) groups is 2. The number of ether oxygens (including phenoxy) is 1. The van der Waals surface area contributed by atoms with Gasteiger partial charge in [0.25, 0.3) is 5.91 Å². The Labute approximate surface area is 152 Å². The minimum atomic E-state index is -0.360. The molecule has 0 aromatic heterocycles. The maximum Gasteiger partial charge on any atom is 0.253 e. The van der Waals surface area contributed by atoms with Crippen molar-refractivity contribution in [3.05, 3.63) is 35.6 Å². The molecule has 26 heavy (non-hydrogen) atoms. The Morgan fingerprint density at radius 2 is 1.88 bits per heavy atom. The number of benzene rings is 1. The van der Waals surface area contributed by atoms with Gasteiger partial charge in [0.15, 0.2) is 0 Å². The lowest BCUT2D eigenvalue weighted by atomic mass is 9.71. The van der Waals surface area contributed by atoms with Crippen LogP contribution in [-0.4, -0.2) is 49.6 Å². The average molecular weight is 360 g/mol. The first-order valence-corrected chi connectivity index (χ1v) is 9.48. The summed E-state index contributed by atoms with van der Waals surface area (Å²) in [5.41, 5.74) is 0.259. The van der Waals surface area contributed by atoms with Gasteiger partial charge in [-0.2, -0.15) is 0 Å². The molecule has 1 aromatic rings. The summed E-state index contributed by atoms with van der Waals surface area (Å²) in [6.45, 7) is 2.99. The van der Waals surface area contributed by atoms with E-state index in [9.17, 15) is 14.0 Å². The van der Waals surface area contributed by atoms with Crippen molar-refractivity contribution in [1.82, 2.24) is 10.2 Å². The highest BCUT2D eigenvalue weighted by atomic mass is 19.1. The van der Waals surface area contributed by atoms with Crippen molar-refractivity contribution in [2.75, 3.05) is 32.8 Å². The maximum absolute atomic E-state index is 13.1. The highest BCUT2D eigenvalue weighted by molar-refractivity contribution is 5.95. The molecule has 1 spiro atoms. The molecular weight excluding hydrogens is 335 g/mol. The molecule has 0 unspecified atom stereocenters. The van der Waals surface area contributed by atoms with Gasteiger partial charge in [-0.15, -0.1) is 0 Å². The van der Waals surface area contributed by atoms with Gasteiger partial charge in [-0.25, -0.2) is 4.39 Å². The van der Waals surface area contributed by atoms with Crippen LogP contribution in [-0.2, 0) is 9.53 Å². The van der Waals surface area contributed by atoms with Crippen molar-refractivity contribution in [2.45, 2.75) is 25.7 Å². The van der Waals surface area contributed by atoms with Gasteiger partial charge >= 0.3 is 0 Å². The summed E-state index contributed by atoms with van der Waals surface area (Å²) >= 11 is 0. The summed E-state index contributed by atoms with van der Waals surface area (Å²) in [5, 5.41) is 3.10. The normalized spacial score (nSPS) is 24.7. The fraction of sp³-hybridized carbons (Fsp3) is 0.600. The number of likely N-dealkylation sites (tertiary alicyclic amines) is 1. The van der Waals surface area contributed by atoms with Gasteiger partial charge in [-0.1, -0.05) is 0 Å². The standard InChI is InChI=1S/C20H25FN2O3/c21-16-5-3-15(4-6-16)19(25)23-12-17(18(24)22-11-14-1-2-14)20(13-23)7-9-26-10-8-20/h3-6,14,17H,1-2,7-13H2,(H,22,24)/t17-/m0/s1. The van der Waals surface area contributed by atoms with Gasteiger partial charge in [-0.3, -0.25) is 9.59 Å². The fourth-order valence-electron chi connectivity index (χ4n) is 4.23. The minimum absolute atomic E-state index is 0.0632. The predicted octanol–water partition coefficient (Wildman–Crippen LogP) is 2.22. The van der Waals surface area contributed by atoms with E-state index in [1.165, 1.54) is 37.1 Å². The molecule has 1 aliphatic carbocycles. The molecule has 1 aromatic carbocycles. The van der Waals surface area contributed by atoms with E-state index in [4.69, 9.17) is 4.74 Å². The molecule has 5 nitrogen and oxygen atoms in total. The second-order valence-electron chi connectivity index (χ2n) is 7.91. The first-order valence-electron chi connectivity index (χ1n) is 9.48. The predicted molar refractivity (Wildman–Crippen MR) is 94.0 cm³/mol. The molecule has 3 aliphatic rings. The van der Waals surface area contributed by atoms with Gasteiger partial charge in [0, 0.05) is 43.8 Å². The summed E-state index contributed by atoms with van der Waals surface area (Å²) in [5.74, 6) is 0.000239. The third-order valence-electron chi connectivity index (χ3n) is 6.09. The Morgan fingerprint density at radius 3 is 2.54 bits per heavy atom. The highest BCUT2D eigenvalue weighted by Gasteiger charge is 2.51. The Morgan fingerprint density at radius 1 is 1.19 bits per heavy atom. The topological polar surface area (TPSA) is 58.6 Å². The molecular formula is C20H25FN2O3. The van der Waals surface area contributed by atoms with Crippen molar-refractivity contribution in [1.29, 1.82) is 0 Å². The fourth-order valence-corrected chi connectivity index (χ4v) is 4.23. The van der Waals surface area contributed by atoms with Crippen molar-refractivity contribution >= 4 is 11.8 Å². The van der Waals surface area contributed by atoms with E-state index in [0.29, 0.717) is 37.8 Å². The molecule has 3 fully saturated rings. The zero-order chi connectivity index (χ0) is 18.1. The SMILES string of the molecule is O=C(NCC1CC1)[C@@H]1CN(C(=O)c2ccc(F)cc2)CC12CCOCC2. The van der Waals surface area contributed by atoms with Crippen LogP contribution >= 0.6 is 0 Å². The van der Waals surface area contributed by atoms with E-state index < -0.39 is 0 Å². The second-order valence-corrected chi connectivity index (χ2v) is 7.91. The van der Waals surface area contributed by atoms with Crippen LogP contribution in [0, 0.1) is 23.1 Å². The number of carbonyl (C=O) groups excluding carboxylic acids is 2. The average Bonchev–Trinajstić information content (AvgIpc) is 3.42. The van der Waals surface area contributed by atoms with Gasteiger partial charge in [0.05, 0.1) is 5.92 Å². The third-order valence-corrected chi connectivity index (χ3v) is 6.09. The highest BCUT2D eigenvalue weighted by Crippen LogP contribution is 2.45. The second kappa shape index (κ2) is 6.99. The molecule has 2 saturated heterocycles. The van der Waals surface area contributed by atoms with Crippen LogP contribution < -0.4 is 5.32 Å². The van der Waals surface area contributed by atoms with Crippen molar-refractivity contribution in [2.24, 2.45) is 17.3 Å². The van der Waals surface area contributed by atoms with E-state index >= 15 is 0 Å². The van der Waals surface area contributed by atoms with Crippen LogP contribution in [0.1, 0.15) is 36.0 Å². The monoisotopic (exact) mass is 360 g/mol. The molecule has 0 bridgehead atoms. The number of halogens is 1. The zero-order valence-electron chi connectivity index (χ0n) is 14.9. The number of nitrogens with one attached hydrogen (secondary N) is 1. The van der Waals surface area contributed by atoms with Crippen LogP contribution in [0.5, 0.6) is 0 Å². The largest absolute Gasteiger partial charge is 0.381 e. The molecule has 2 heterocycles. The smallest absolute Gasteiger partial charge is 0.253 e. The molecule has 2 amide bonds. The zero-order valence-corrected chi connectivity index (χ0v) is 14.9. The van der Waals surface area contributed by atoms with Gasteiger partial charge in [0.1, 0.15) is 5.82 Å². The molecule has 6 heteroatoms. The Kier molecular flexibility index (Phi) is 4.69. The van der Waals surface area contributed by atoms with E-state index in [2.05, 4.69) is 5.32 Å². The summed E-state index contributed by atoms with van der Waals surface area (Å²) in [4.78, 5) is 27.5. The van der Waals surface area contributed by atoms with Crippen LogP contribution in [0.15, 0.2) is 24.3 Å². The van der Waals surface area contributed by atoms with Gasteiger partial charge < -0.3 is 15.0 Å². The first kappa shape index (κ1) is 17.5. The number of hydrogen-bond donors (Lipinski definition) is 1. The molecule has 1 atom stereocenters. The van der Waals surface area contributed by atoms with Crippen LogP contribution in [0.2, 0.25) is 0 Å². The minimum Gasteiger partial charge on any atom is -0.381 e. The summed E-state index contributed by atoms with van der Waals surface area (Å²) in [6, 6.07) is 5.62.